The maximum Gasteiger partial charge on any atom is 0.337 e. The number of esters is 1. The van der Waals surface area contributed by atoms with Crippen LogP contribution in [-0.2, 0) is 16.1 Å². The van der Waals surface area contributed by atoms with E-state index >= 15 is 0 Å². The molecular formula is C31H33BrN4O7. The Kier molecular flexibility index (Phi) is 11.0. The molecule has 4 rings (SSSR count). The van der Waals surface area contributed by atoms with E-state index in [1.54, 1.807) is 31.3 Å². The predicted octanol–water partition coefficient (Wildman–Crippen LogP) is 4.55. The van der Waals surface area contributed by atoms with Crippen molar-refractivity contribution in [2.45, 2.75) is 32.7 Å². The number of nitrogens with one attached hydrogen (secondary N) is 3. The summed E-state index contributed by atoms with van der Waals surface area (Å²) < 4.78 is 23.3. The molecule has 3 aromatic carbocycles. The van der Waals surface area contributed by atoms with Crippen LogP contribution in [0.1, 0.15) is 36.6 Å². The number of benzene rings is 3. The van der Waals surface area contributed by atoms with Gasteiger partial charge in [0.25, 0.3) is 0 Å². The number of ether oxygens (including phenoxy) is 4. The molecule has 12 heteroatoms. The average molecular weight is 654 g/mol. The van der Waals surface area contributed by atoms with Crippen LogP contribution in [0.3, 0.4) is 0 Å². The van der Waals surface area contributed by atoms with Crippen LogP contribution < -0.4 is 30.3 Å². The number of rotatable bonds is 13. The Morgan fingerprint density at radius 1 is 1.07 bits per heavy atom. The summed E-state index contributed by atoms with van der Waals surface area (Å²) in [5.41, 5.74) is 5.65. The fraction of sp³-hybridized carbons (Fsp3) is 0.258. The third-order valence-electron chi connectivity index (χ3n) is 6.31. The minimum Gasteiger partial charge on any atom is -0.490 e. The number of hydrogen-bond acceptors (Lipinski definition) is 9. The number of allylic oxidation sites excluding steroid dienone is 1. The first kappa shape index (κ1) is 31.4. The zero-order chi connectivity index (χ0) is 30.8. The fourth-order valence-corrected chi connectivity index (χ4v) is 4.68. The standard InChI is InChI=1S/C31H33BrN4O7/c1-4-41-26-15-21(29-28(30(38)40-3)19(2)34-31(39)35-29)10-12-25(26)43-18-27(37)36-33-16-22-14-23(32)11-13-24(22)42-17-20-8-6-5-7-9-20/h5-16,27,29,36-37H,4,17-18H2,1-3H3,(H2,34,35,39)/b33-16-/t27-,29-/m0/s1. The summed E-state index contributed by atoms with van der Waals surface area (Å²) in [6, 6.07) is 19.2. The van der Waals surface area contributed by atoms with Gasteiger partial charge in [-0.25, -0.2) is 9.59 Å². The molecule has 0 saturated heterocycles. The van der Waals surface area contributed by atoms with Gasteiger partial charge < -0.3 is 34.7 Å². The Bertz CT molecular complexity index is 1500. The van der Waals surface area contributed by atoms with Crippen molar-refractivity contribution in [1.82, 2.24) is 16.1 Å². The lowest BCUT2D eigenvalue weighted by atomic mass is 9.95. The van der Waals surface area contributed by atoms with Gasteiger partial charge in [-0.05, 0) is 55.3 Å². The van der Waals surface area contributed by atoms with E-state index < -0.39 is 24.3 Å². The smallest absolute Gasteiger partial charge is 0.337 e. The third-order valence-corrected chi connectivity index (χ3v) is 6.80. The van der Waals surface area contributed by atoms with Crippen LogP contribution in [0.15, 0.2) is 87.6 Å². The minimum absolute atomic E-state index is 0.150. The zero-order valence-corrected chi connectivity index (χ0v) is 25.5. The summed E-state index contributed by atoms with van der Waals surface area (Å²) >= 11 is 3.47. The van der Waals surface area contributed by atoms with Crippen molar-refractivity contribution < 1.29 is 33.6 Å². The summed E-state index contributed by atoms with van der Waals surface area (Å²) in [6.45, 7) is 4.03. The number of halogens is 1. The molecule has 2 atom stereocenters. The number of amides is 2. The summed E-state index contributed by atoms with van der Waals surface area (Å²) in [7, 11) is 1.28. The number of carbonyl (C=O) groups excluding carboxylic acids is 2. The van der Waals surface area contributed by atoms with E-state index in [0.29, 0.717) is 47.3 Å². The molecule has 226 valence electrons. The maximum atomic E-state index is 12.4. The van der Waals surface area contributed by atoms with Crippen LogP contribution in [0.2, 0.25) is 0 Å². The number of hydrazone groups is 1. The lowest BCUT2D eigenvalue weighted by Gasteiger charge is -2.28. The normalized spacial score (nSPS) is 15.4. The average Bonchev–Trinajstić information content (AvgIpc) is 3.00. The Labute approximate surface area is 258 Å². The quantitative estimate of drug-likeness (QED) is 0.0913. The van der Waals surface area contributed by atoms with E-state index in [2.05, 4.69) is 37.1 Å². The Hall–Kier alpha value is -4.55. The van der Waals surface area contributed by atoms with Crippen molar-refractivity contribution in [3.63, 3.8) is 0 Å². The van der Waals surface area contributed by atoms with E-state index in [0.717, 1.165) is 10.0 Å². The lowest BCUT2D eigenvalue weighted by molar-refractivity contribution is -0.136. The first-order valence-electron chi connectivity index (χ1n) is 13.5. The summed E-state index contributed by atoms with van der Waals surface area (Å²) in [5.74, 6) is 0.801. The maximum absolute atomic E-state index is 12.4. The van der Waals surface area contributed by atoms with Crippen LogP contribution in [0, 0.1) is 0 Å². The summed E-state index contributed by atoms with van der Waals surface area (Å²) in [6.07, 6.45) is 0.405. The number of methoxy groups -OCH3 is 1. The van der Waals surface area contributed by atoms with Gasteiger partial charge in [-0.3, -0.25) is 5.43 Å². The number of carbonyl (C=O) groups is 2. The van der Waals surface area contributed by atoms with Crippen molar-refractivity contribution >= 4 is 34.1 Å². The van der Waals surface area contributed by atoms with Crippen LogP contribution in [0.4, 0.5) is 4.79 Å². The lowest BCUT2D eigenvalue weighted by Crippen LogP contribution is -2.45. The van der Waals surface area contributed by atoms with Crippen molar-refractivity contribution in [1.29, 1.82) is 0 Å². The van der Waals surface area contributed by atoms with Gasteiger partial charge in [-0.2, -0.15) is 5.10 Å². The first-order chi connectivity index (χ1) is 20.8. The van der Waals surface area contributed by atoms with Crippen molar-refractivity contribution in [2.75, 3.05) is 20.3 Å². The van der Waals surface area contributed by atoms with Gasteiger partial charge in [0.1, 0.15) is 19.0 Å². The van der Waals surface area contributed by atoms with Gasteiger partial charge in [0.05, 0.1) is 31.5 Å². The molecule has 3 aromatic rings. The second-order valence-corrected chi connectivity index (χ2v) is 10.3. The largest absolute Gasteiger partial charge is 0.490 e. The molecule has 0 unspecified atom stereocenters. The van der Waals surface area contributed by atoms with Crippen LogP contribution in [0.5, 0.6) is 17.2 Å². The van der Waals surface area contributed by atoms with Crippen molar-refractivity contribution in [3.05, 3.63) is 99.2 Å². The van der Waals surface area contributed by atoms with Crippen LogP contribution in [-0.4, -0.2) is 49.9 Å². The highest BCUT2D eigenvalue weighted by atomic mass is 79.9. The first-order valence-corrected chi connectivity index (χ1v) is 14.3. The SMILES string of the molecule is CCOc1cc([C@@H]2NC(=O)NC(C)=C2C(=O)OC)ccc1OC[C@H](O)N/N=C\c1cc(Br)ccc1OCc1ccccc1. The zero-order valence-electron chi connectivity index (χ0n) is 23.9. The summed E-state index contributed by atoms with van der Waals surface area (Å²) in [4.78, 5) is 24.6. The molecule has 0 aliphatic carbocycles. The molecule has 2 amide bonds. The van der Waals surface area contributed by atoms with Gasteiger partial charge in [-0.1, -0.05) is 52.3 Å². The van der Waals surface area contributed by atoms with Crippen LogP contribution >= 0.6 is 15.9 Å². The van der Waals surface area contributed by atoms with Gasteiger partial charge in [0.2, 0.25) is 0 Å². The second-order valence-electron chi connectivity index (χ2n) is 9.37. The molecule has 11 nitrogen and oxygen atoms in total. The molecule has 0 aromatic heterocycles. The second kappa shape index (κ2) is 15.1. The molecular weight excluding hydrogens is 620 g/mol. The predicted molar refractivity (Wildman–Crippen MR) is 164 cm³/mol. The molecule has 1 aliphatic rings. The minimum atomic E-state index is -1.15. The van der Waals surface area contributed by atoms with E-state index in [4.69, 9.17) is 18.9 Å². The van der Waals surface area contributed by atoms with Crippen molar-refractivity contribution in [3.8, 4) is 17.2 Å². The van der Waals surface area contributed by atoms with E-state index in [1.807, 2.05) is 55.5 Å². The van der Waals surface area contributed by atoms with Gasteiger partial charge >= 0.3 is 12.0 Å². The number of hydrogen-bond donors (Lipinski definition) is 4. The molecule has 0 radical (unpaired) electrons. The van der Waals surface area contributed by atoms with E-state index in [1.165, 1.54) is 7.11 Å². The highest BCUT2D eigenvalue weighted by molar-refractivity contribution is 9.10. The van der Waals surface area contributed by atoms with E-state index in [9.17, 15) is 14.7 Å². The molecule has 1 aliphatic heterocycles. The number of urea groups is 1. The molecule has 0 fully saturated rings. The Morgan fingerprint density at radius 2 is 1.84 bits per heavy atom. The Morgan fingerprint density at radius 3 is 2.58 bits per heavy atom. The molecule has 1 heterocycles. The number of aliphatic hydroxyl groups excluding tert-OH is 1. The van der Waals surface area contributed by atoms with Gasteiger partial charge in [0, 0.05) is 15.7 Å². The van der Waals surface area contributed by atoms with Gasteiger partial charge in [0.15, 0.2) is 17.7 Å². The fourth-order valence-electron chi connectivity index (χ4n) is 4.30. The number of aliphatic hydroxyl groups is 1. The van der Waals surface area contributed by atoms with Crippen molar-refractivity contribution in [2.24, 2.45) is 5.10 Å². The molecule has 4 N–H and O–H groups in total. The number of nitrogens with zero attached hydrogens (tertiary/aromatic N) is 1. The van der Waals surface area contributed by atoms with E-state index in [-0.39, 0.29) is 12.2 Å². The van der Waals surface area contributed by atoms with Crippen LogP contribution in [0.25, 0.3) is 0 Å². The van der Waals surface area contributed by atoms with Gasteiger partial charge in [-0.15, -0.1) is 0 Å². The molecule has 43 heavy (non-hydrogen) atoms. The monoisotopic (exact) mass is 652 g/mol. The molecule has 0 saturated carbocycles. The highest BCUT2D eigenvalue weighted by Gasteiger charge is 2.32. The Balaban J connectivity index is 1.40. The topological polar surface area (TPSA) is 140 Å². The molecule has 0 spiro atoms. The highest BCUT2D eigenvalue weighted by Crippen LogP contribution is 2.35. The third kappa shape index (κ3) is 8.49. The molecule has 0 bridgehead atoms. The summed E-state index contributed by atoms with van der Waals surface area (Å²) in [5, 5.41) is 20.0.